The van der Waals surface area contributed by atoms with Crippen molar-refractivity contribution >= 4 is 69.7 Å². The van der Waals surface area contributed by atoms with Crippen LogP contribution in [0.25, 0.3) is 0 Å². The molecule has 0 radical (unpaired) electrons. The van der Waals surface area contributed by atoms with Crippen molar-refractivity contribution in [1.82, 2.24) is 0 Å². The zero-order chi connectivity index (χ0) is 15.6. The van der Waals surface area contributed by atoms with Gasteiger partial charge in [-0.05, 0) is 62.2 Å². The van der Waals surface area contributed by atoms with Crippen LogP contribution >= 0.6 is 63.7 Å². The molecule has 0 aliphatic carbocycles. The molecule has 21 heavy (non-hydrogen) atoms. The van der Waals surface area contributed by atoms with Gasteiger partial charge in [0.1, 0.15) is 5.75 Å². The molecule has 110 valence electrons. The van der Waals surface area contributed by atoms with E-state index >= 15 is 0 Å². The summed E-state index contributed by atoms with van der Waals surface area (Å²) in [6.07, 6.45) is 0. The number of rotatable bonds is 3. The van der Waals surface area contributed by atoms with Crippen LogP contribution in [-0.2, 0) is 4.79 Å². The fourth-order valence-corrected chi connectivity index (χ4v) is 3.93. The topological polar surface area (TPSA) is 35.5 Å². The van der Waals surface area contributed by atoms with Gasteiger partial charge in [-0.15, -0.1) is 0 Å². The van der Waals surface area contributed by atoms with Gasteiger partial charge in [0, 0.05) is 15.9 Å². The Bertz CT molecular complexity index is 701. The highest BCUT2D eigenvalue weighted by Crippen LogP contribution is 2.42. The Balaban J connectivity index is 2.44. The quantitative estimate of drug-likeness (QED) is 0.330. The van der Waals surface area contributed by atoms with Crippen molar-refractivity contribution in [1.29, 1.82) is 0 Å². The van der Waals surface area contributed by atoms with Crippen LogP contribution in [0, 0.1) is 0 Å². The first kappa shape index (κ1) is 17.0. The van der Waals surface area contributed by atoms with E-state index in [1.165, 1.54) is 6.92 Å². The van der Waals surface area contributed by atoms with Crippen LogP contribution in [0.1, 0.15) is 6.92 Å². The minimum absolute atomic E-state index is 0.334. The second-order valence-corrected chi connectivity index (χ2v) is 7.53. The van der Waals surface area contributed by atoms with Crippen molar-refractivity contribution in [2.75, 3.05) is 0 Å². The van der Waals surface area contributed by atoms with Crippen LogP contribution < -0.4 is 9.47 Å². The Morgan fingerprint density at radius 3 is 2.19 bits per heavy atom. The number of carbonyl (C=O) groups is 1. The fraction of sp³-hybridized carbons (Fsp3) is 0.0714. The van der Waals surface area contributed by atoms with Crippen LogP contribution in [0.3, 0.4) is 0 Å². The third-order valence-corrected chi connectivity index (χ3v) is 4.49. The zero-order valence-electron chi connectivity index (χ0n) is 10.6. The molecular weight excluding hydrogens is 536 g/mol. The van der Waals surface area contributed by atoms with Gasteiger partial charge in [0.15, 0.2) is 11.5 Å². The largest absolute Gasteiger partial charge is 0.452 e. The van der Waals surface area contributed by atoms with Gasteiger partial charge in [-0.2, -0.15) is 0 Å². The molecule has 0 amide bonds. The van der Waals surface area contributed by atoms with Gasteiger partial charge in [-0.3, -0.25) is 4.79 Å². The van der Waals surface area contributed by atoms with Crippen molar-refractivity contribution in [2.24, 2.45) is 0 Å². The lowest BCUT2D eigenvalue weighted by Gasteiger charge is -2.14. The van der Waals surface area contributed by atoms with Crippen molar-refractivity contribution in [2.45, 2.75) is 6.92 Å². The molecule has 2 aromatic rings. The van der Waals surface area contributed by atoms with Gasteiger partial charge < -0.3 is 9.47 Å². The monoisotopic (exact) mass is 540 g/mol. The lowest BCUT2D eigenvalue weighted by molar-refractivity contribution is -0.132. The lowest BCUT2D eigenvalue weighted by atomic mass is 10.3. The Morgan fingerprint density at radius 1 is 0.905 bits per heavy atom. The summed E-state index contributed by atoms with van der Waals surface area (Å²) in [5, 5.41) is 0. The Labute approximate surface area is 155 Å². The predicted molar refractivity (Wildman–Crippen MR) is 95.1 cm³/mol. The van der Waals surface area contributed by atoms with E-state index in [1.54, 1.807) is 18.2 Å². The van der Waals surface area contributed by atoms with Crippen LogP contribution in [-0.4, -0.2) is 5.97 Å². The van der Waals surface area contributed by atoms with E-state index in [-0.39, 0.29) is 0 Å². The Hall–Kier alpha value is -0.370. The van der Waals surface area contributed by atoms with Gasteiger partial charge in [-0.1, -0.05) is 31.9 Å². The molecule has 7 heteroatoms. The fourth-order valence-electron chi connectivity index (χ4n) is 1.53. The molecule has 0 saturated carbocycles. The lowest BCUT2D eigenvalue weighted by Crippen LogP contribution is -2.03. The summed E-state index contributed by atoms with van der Waals surface area (Å²) < 4.78 is 14.2. The van der Waals surface area contributed by atoms with E-state index in [1.807, 2.05) is 12.1 Å². The number of hydrogen-bond acceptors (Lipinski definition) is 3. The number of benzene rings is 2. The summed E-state index contributed by atoms with van der Waals surface area (Å²) in [7, 11) is 0. The smallest absolute Gasteiger partial charge is 0.308 e. The standard InChI is InChI=1S/C14H8Br4O3/c1-7(19)20-14-11(18)5-9(16)6-13(14)21-12-3-2-8(15)4-10(12)17/h2-6H,1H3. The number of ether oxygens (including phenoxy) is 2. The first-order chi connectivity index (χ1) is 9.86. The maximum atomic E-state index is 11.2. The van der Waals surface area contributed by atoms with Crippen molar-refractivity contribution in [3.63, 3.8) is 0 Å². The number of halogens is 4. The summed E-state index contributed by atoms with van der Waals surface area (Å²) in [5.41, 5.74) is 0. The van der Waals surface area contributed by atoms with Crippen LogP contribution in [0.5, 0.6) is 17.2 Å². The van der Waals surface area contributed by atoms with Gasteiger partial charge >= 0.3 is 5.97 Å². The molecule has 3 nitrogen and oxygen atoms in total. The van der Waals surface area contributed by atoms with E-state index in [4.69, 9.17) is 9.47 Å². The Morgan fingerprint density at radius 2 is 1.57 bits per heavy atom. The van der Waals surface area contributed by atoms with Crippen molar-refractivity contribution < 1.29 is 14.3 Å². The van der Waals surface area contributed by atoms with Crippen molar-refractivity contribution in [3.8, 4) is 17.2 Å². The van der Waals surface area contributed by atoms with Crippen LogP contribution in [0.2, 0.25) is 0 Å². The highest BCUT2D eigenvalue weighted by atomic mass is 79.9. The second-order valence-electron chi connectivity index (χ2n) is 3.99. The van der Waals surface area contributed by atoms with Gasteiger partial charge in [0.2, 0.25) is 0 Å². The minimum Gasteiger partial charge on any atom is -0.452 e. The highest BCUT2D eigenvalue weighted by Gasteiger charge is 2.15. The average molecular weight is 544 g/mol. The summed E-state index contributed by atoms with van der Waals surface area (Å²) in [6.45, 7) is 1.34. The maximum absolute atomic E-state index is 11.2. The molecule has 0 heterocycles. The summed E-state index contributed by atoms with van der Waals surface area (Å²) in [6, 6.07) is 9.05. The maximum Gasteiger partial charge on any atom is 0.308 e. The summed E-state index contributed by atoms with van der Waals surface area (Å²) in [4.78, 5) is 11.2. The SMILES string of the molecule is CC(=O)Oc1c(Br)cc(Br)cc1Oc1ccc(Br)cc1Br. The van der Waals surface area contributed by atoms with E-state index in [0.29, 0.717) is 21.7 Å². The van der Waals surface area contributed by atoms with Crippen molar-refractivity contribution in [3.05, 3.63) is 48.2 Å². The molecule has 0 saturated heterocycles. The molecule has 2 rings (SSSR count). The van der Waals surface area contributed by atoms with Crippen LogP contribution in [0.4, 0.5) is 0 Å². The van der Waals surface area contributed by atoms with E-state index in [2.05, 4.69) is 63.7 Å². The molecule has 0 N–H and O–H groups in total. The number of carbonyl (C=O) groups excluding carboxylic acids is 1. The third kappa shape index (κ3) is 4.55. The predicted octanol–water partition coefficient (Wildman–Crippen LogP) is 6.45. The molecule has 0 aliphatic heterocycles. The molecule has 2 aromatic carbocycles. The molecular formula is C14H8Br4O3. The molecule has 0 aromatic heterocycles. The van der Waals surface area contributed by atoms with E-state index in [0.717, 1.165) is 13.4 Å². The highest BCUT2D eigenvalue weighted by molar-refractivity contribution is 9.11. The van der Waals surface area contributed by atoms with Gasteiger partial charge in [0.05, 0.1) is 8.95 Å². The summed E-state index contributed by atoms with van der Waals surface area (Å²) >= 11 is 13.6. The van der Waals surface area contributed by atoms with E-state index < -0.39 is 5.97 Å². The molecule has 0 unspecified atom stereocenters. The van der Waals surface area contributed by atoms with Crippen LogP contribution in [0.15, 0.2) is 48.2 Å². The molecule has 0 aliphatic rings. The molecule has 0 fully saturated rings. The van der Waals surface area contributed by atoms with Gasteiger partial charge in [0.25, 0.3) is 0 Å². The normalized spacial score (nSPS) is 10.3. The molecule has 0 bridgehead atoms. The number of hydrogen-bond donors (Lipinski definition) is 0. The minimum atomic E-state index is -0.419. The van der Waals surface area contributed by atoms with Gasteiger partial charge in [-0.25, -0.2) is 0 Å². The average Bonchev–Trinajstić information content (AvgIpc) is 2.36. The molecule has 0 spiro atoms. The Kier molecular flexibility index (Phi) is 5.88. The zero-order valence-corrected chi connectivity index (χ0v) is 17.0. The van der Waals surface area contributed by atoms with E-state index in [9.17, 15) is 4.79 Å². The molecule has 0 atom stereocenters. The first-order valence-corrected chi connectivity index (χ1v) is 8.84. The summed E-state index contributed by atoms with van der Waals surface area (Å²) in [5.74, 6) is 0.948. The second kappa shape index (κ2) is 7.26. The first-order valence-electron chi connectivity index (χ1n) is 5.67. The third-order valence-electron chi connectivity index (χ3n) is 2.33. The number of esters is 1.